The Bertz CT molecular complexity index is 456. The molecule has 1 aliphatic rings. The lowest BCUT2D eigenvalue weighted by Gasteiger charge is -2.28. The lowest BCUT2D eigenvalue weighted by Crippen LogP contribution is -2.15. The van der Waals surface area contributed by atoms with Crippen LogP contribution < -0.4 is 0 Å². The molecule has 2 heteroatoms. The first-order chi connectivity index (χ1) is 9.70. The Morgan fingerprint density at radius 3 is 2.50 bits per heavy atom. The van der Waals surface area contributed by atoms with Crippen molar-refractivity contribution in [1.82, 2.24) is 0 Å². The fourth-order valence-electron chi connectivity index (χ4n) is 3.30. The van der Waals surface area contributed by atoms with Gasteiger partial charge < -0.3 is 5.11 Å². The van der Waals surface area contributed by atoms with E-state index in [-0.39, 0.29) is 0 Å². The van der Waals surface area contributed by atoms with Crippen LogP contribution in [0, 0.1) is 11.8 Å². The van der Waals surface area contributed by atoms with Crippen LogP contribution in [-0.2, 0) is 6.42 Å². The van der Waals surface area contributed by atoms with Crippen LogP contribution in [0.5, 0.6) is 0 Å². The third kappa shape index (κ3) is 3.96. The van der Waals surface area contributed by atoms with Crippen LogP contribution in [0.3, 0.4) is 0 Å². The summed E-state index contributed by atoms with van der Waals surface area (Å²) in [5.41, 5.74) is 1.45. The molecule has 1 saturated carbocycles. The molecule has 0 bridgehead atoms. The molecule has 0 aromatic heterocycles. The Balaban J connectivity index is 1.84. The van der Waals surface area contributed by atoms with Crippen molar-refractivity contribution in [2.45, 2.75) is 44.9 Å². The van der Waals surface area contributed by atoms with Crippen molar-refractivity contribution in [1.29, 1.82) is 0 Å². The van der Waals surface area contributed by atoms with E-state index in [1.54, 1.807) is 12.1 Å². The average Bonchev–Trinajstić information content (AvgIpc) is 2.47. The molecule has 0 saturated heterocycles. The molecule has 1 aromatic carbocycles. The molecule has 20 heavy (non-hydrogen) atoms. The van der Waals surface area contributed by atoms with Gasteiger partial charge in [-0.05, 0) is 55.6 Å². The van der Waals surface area contributed by atoms with Crippen LogP contribution in [0.25, 0.3) is 0 Å². The van der Waals surface area contributed by atoms with E-state index >= 15 is 0 Å². The fraction of sp³-hybridized carbons (Fsp3) is 0.500. The van der Waals surface area contributed by atoms with Crippen molar-refractivity contribution >= 4 is 5.97 Å². The normalized spacial score (nSPS) is 22.4. The maximum absolute atomic E-state index is 11.2. The Morgan fingerprint density at radius 1 is 1.20 bits per heavy atom. The lowest BCUT2D eigenvalue weighted by molar-refractivity contribution is 0.0695. The number of benzene rings is 1. The summed E-state index contributed by atoms with van der Waals surface area (Å²) >= 11 is 0. The number of carbonyl (C=O) groups is 1. The van der Waals surface area contributed by atoms with Crippen molar-refractivity contribution < 1.29 is 9.90 Å². The quantitative estimate of drug-likeness (QED) is 0.762. The van der Waals surface area contributed by atoms with E-state index in [9.17, 15) is 9.90 Å². The van der Waals surface area contributed by atoms with E-state index in [4.69, 9.17) is 0 Å². The molecule has 2 nitrogen and oxygen atoms in total. The van der Waals surface area contributed by atoms with Crippen LogP contribution in [0.1, 0.15) is 54.4 Å². The summed E-state index contributed by atoms with van der Waals surface area (Å²) in [4.78, 5) is 11.2. The summed E-state index contributed by atoms with van der Waals surface area (Å²) in [6.45, 7) is 3.82. The Morgan fingerprint density at radius 2 is 1.85 bits per heavy atom. The standard InChI is InChI=1S/C18H24O2/c1-2-5-14-8-10-15(11-9-14)12-13-16-6-3-4-7-17(16)18(19)20/h2-4,6-7,14-15H,1,5,8-13H2,(H,19,20). The molecule has 1 N–H and O–H groups in total. The van der Waals surface area contributed by atoms with Crippen molar-refractivity contribution in [3.63, 3.8) is 0 Å². The maximum Gasteiger partial charge on any atom is 0.335 e. The zero-order chi connectivity index (χ0) is 14.4. The minimum Gasteiger partial charge on any atom is -0.478 e. The highest BCUT2D eigenvalue weighted by molar-refractivity contribution is 5.89. The first-order valence-electron chi connectivity index (χ1n) is 7.62. The van der Waals surface area contributed by atoms with Gasteiger partial charge in [-0.2, -0.15) is 0 Å². The van der Waals surface area contributed by atoms with Crippen LogP contribution in [0.15, 0.2) is 36.9 Å². The zero-order valence-electron chi connectivity index (χ0n) is 12.1. The van der Waals surface area contributed by atoms with Gasteiger partial charge >= 0.3 is 5.97 Å². The van der Waals surface area contributed by atoms with E-state index in [2.05, 4.69) is 6.58 Å². The number of aryl methyl sites for hydroxylation is 1. The molecule has 0 heterocycles. The first kappa shape index (κ1) is 14.8. The maximum atomic E-state index is 11.2. The molecular weight excluding hydrogens is 248 g/mol. The second-order valence-corrected chi connectivity index (χ2v) is 5.91. The van der Waals surface area contributed by atoms with E-state index < -0.39 is 5.97 Å². The Hall–Kier alpha value is -1.57. The molecule has 1 aliphatic carbocycles. The molecule has 0 unspecified atom stereocenters. The topological polar surface area (TPSA) is 37.3 Å². The number of aromatic carboxylic acids is 1. The second-order valence-electron chi connectivity index (χ2n) is 5.91. The molecule has 2 rings (SSSR count). The number of hydrogen-bond donors (Lipinski definition) is 1. The minimum atomic E-state index is -0.810. The highest BCUT2D eigenvalue weighted by Gasteiger charge is 2.20. The first-order valence-corrected chi connectivity index (χ1v) is 7.62. The van der Waals surface area contributed by atoms with Gasteiger partial charge in [-0.1, -0.05) is 37.1 Å². The number of rotatable bonds is 6. The summed E-state index contributed by atoms with van der Waals surface area (Å²) in [6.07, 6.45) is 10.4. The highest BCUT2D eigenvalue weighted by Crippen LogP contribution is 2.33. The molecule has 1 fully saturated rings. The smallest absolute Gasteiger partial charge is 0.335 e. The van der Waals surface area contributed by atoms with Gasteiger partial charge in [0.1, 0.15) is 0 Å². The molecule has 108 valence electrons. The Kier molecular flexibility index (Phi) is 5.40. The summed E-state index contributed by atoms with van der Waals surface area (Å²) in [6, 6.07) is 7.39. The predicted octanol–water partition coefficient (Wildman–Crippen LogP) is 4.70. The predicted molar refractivity (Wildman–Crippen MR) is 82.0 cm³/mol. The monoisotopic (exact) mass is 272 g/mol. The van der Waals surface area contributed by atoms with Crippen molar-refractivity contribution in [2.75, 3.05) is 0 Å². The molecule has 0 radical (unpaired) electrons. The van der Waals surface area contributed by atoms with E-state index in [0.717, 1.165) is 36.7 Å². The van der Waals surface area contributed by atoms with Gasteiger partial charge in [-0.3, -0.25) is 0 Å². The molecular formula is C18H24O2. The summed E-state index contributed by atoms with van der Waals surface area (Å²) in [7, 11) is 0. The molecule has 0 amide bonds. The Labute approximate surface area is 121 Å². The number of allylic oxidation sites excluding steroid dienone is 1. The summed E-state index contributed by atoms with van der Waals surface area (Å²) in [5, 5.41) is 9.19. The van der Waals surface area contributed by atoms with Crippen LogP contribution in [0.4, 0.5) is 0 Å². The van der Waals surface area contributed by atoms with Gasteiger partial charge in [0, 0.05) is 0 Å². The van der Waals surface area contributed by atoms with Gasteiger partial charge in [0.05, 0.1) is 5.56 Å². The largest absolute Gasteiger partial charge is 0.478 e. The molecule has 0 atom stereocenters. The van der Waals surface area contributed by atoms with Gasteiger partial charge in [0.25, 0.3) is 0 Å². The van der Waals surface area contributed by atoms with Crippen LogP contribution in [-0.4, -0.2) is 11.1 Å². The van der Waals surface area contributed by atoms with Crippen molar-refractivity contribution in [3.8, 4) is 0 Å². The van der Waals surface area contributed by atoms with Crippen molar-refractivity contribution in [3.05, 3.63) is 48.0 Å². The summed E-state index contributed by atoms with van der Waals surface area (Å²) < 4.78 is 0. The number of carboxylic acids is 1. The number of hydrogen-bond acceptors (Lipinski definition) is 1. The van der Waals surface area contributed by atoms with Gasteiger partial charge in [0.2, 0.25) is 0 Å². The zero-order valence-corrected chi connectivity index (χ0v) is 12.1. The van der Waals surface area contributed by atoms with Crippen molar-refractivity contribution in [2.24, 2.45) is 11.8 Å². The van der Waals surface area contributed by atoms with Gasteiger partial charge in [0.15, 0.2) is 0 Å². The van der Waals surface area contributed by atoms with E-state index in [1.165, 1.54) is 25.7 Å². The highest BCUT2D eigenvalue weighted by atomic mass is 16.4. The third-order valence-electron chi connectivity index (χ3n) is 4.54. The molecule has 0 aliphatic heterocycles. The fourth-order valence-corrected chi connectivity index (χ4v) is 3.30. The average molecular weight is 272 g/mol. The van der Waals surface area contributed by atoms with E-state index in [0.29, 0.717) is 5.56 Å². The SMILES string of the molecule is C=CCC1CCC(CCc2ccccc2C(=O)O)CC1. The van der Waals surface area contributed by atoms with E-state index in [1.807, 2.05) is 18.2 Å². The molecule has 0 spiro atoms. The molecule has 1 aromatic rings. The summed E-state index contributed by atoms with van der Waals surface area (Å²) in [5.74, 6) is 0.781. The van der Waals surface area contributed by atoms with Gasteiger partial charge in [-0.15, -0.1) is 6.58 Å². The van der Waals surface area contributed by atoms with Crippen LogP contribution >= 0.6 is 0 Å². The minimum absolute atomic E-state index is 0.466. The van der Waals surface area contributed by atoms with Crippen LogP contribution in [0.2, 0.25) is 0 Å². The number of carboxylic acid groups (broad SMARTS) is 1. The third-order valence-corrected chi connectivity index (χ3v) is 4.54. The lowest BCUT2D eigenvalue weighted by atomic mass is 9.78. The van der Waals surface area contributed by atoms with Gasteiger partial charge in [-0.25, -0.2) is 4.79 Å². The second kappa shape index (κ2) is 7.28.